The van der Waals surface area contributed by atoms with E-state index in [0.717, 1.165) is 17.1 Å². The molecule has 0 radical (unpaired) electrons. The first kappa shape index (κ1) is 11.2. The summed E-state index contributed by atoms with van der Waals surface area (Å²) in [4.78, 5) is 32.0. The summed E-state index contributed by atoms with van der Waals surface area (Å²) < 4.78 is 0. The van der Waals surface area contributed by atoms with Crippen LogP contribution in [0.3, 0.4) is 0 Å². The summed E-state index contributed by atoms with van der Waals surface area (Å²) in [6.45, 7) is 0. The Hall–Kier alpha value is -2.89. The quantitative estimate of drug-likeness (QED) is 0.647. The van der Waals surface area contributed by atoms with Crippen LogP contribution in [-0.4, -0.2) is 20.9 Å². The van der Waals surface area contributed by atoms with E-state index in [1.165, 1.54) is 6.20 Å². The number of anilines is 1. The van der Waals surface area contributed by atoms with Crippen LogP contribution in [0.5, 0.6) is 0 Å². The Kier molecular flexibility index (Phi) is 2.60. The van der Waals surface area contributed by atoms with Gasteiger partial charge in [-0.2, -0.15) is 0 Å². The molecule has 0 aliphatic carbocycles. The first-order chi connectivity index (χ1) is 9.22. The Labute approximate surface area is 107 Å². The van der Waals surface area contributed by atoms with Crippen molar-refractivity contribution in [3.05, 3.63) is 58.9 Å². The van der Waals surface area contributed by atoms with E-state index in [1.54, 1.807) is 6.07 Å². The molecule has 0 saturated carbocycles. The molecule has 3 N–H and O–H groups in total. The van der Waals surface area contributed by atoms with Gasteiger partial charge in [0.25, 0.3) is 11.5 Å². The highest BCUT2D eigenvalue weighted by atomic mass is 16.2. The van der Waals surface area contributed by atoms with Gasteiger partial charge in [-0.05, 0) is 24.3 Å². The Morgan fingerprint density at radius 2 is 2.11 bits per heavy atom. The van der Waals surface area contributed by atoms with Gasteiger partial charge in [0, 0.05) is 29.0 Å². The summed E-state index contributed by atoms with van der Waals surface area (Å²) in [6, 6.07) is 7.45. The standard InChI is InChI=1S/C13H10N4O2/c18-12-7-15-11(6-16-12)13(19)17-9-1-2-10-8(5-9)3-4-14-10/h1-7,14H,(H,16,18)(H,17,19). The van der Waals surface area contributed by atoms with Crippen molar-refractivity contribution in [1.82, 2.24) is 15.0 Å². The zero-order valence-electron chi connectivity index (χ0n) is 9.81. The number of aromatic amines is 2. The normalized spacial score (nSPS) is 10.5. The van der Waals surface area contributed by atoms with Crippen LogP contribution in [0.25, 0.3) is 10.9 Å². The molecule has 1 aromatic carbocycles. The molecule has 0 aliphatic rings. The van der Waals surface area contributed by atoms with Crippen molar-refractivity contribution in [3.8, 4) is 0 Å². The lowest BCUT2D eigenvalue weighted by Crippen LogP contribution is -2.16. The van der Waals surface area contributed by atoms with Gasteiger partial charge in [0.1, 0.15) is 5.69 Å². The number of fused-ring (bicyclic) bond motifs is 1. The Balaban J connectivity index is 1.85. The summed E-state index contributed by atoms with van der Waals surface area (Å²) in [5.74, 6) is -0.369. The van der Waals surface area contributed by atoms with Gasteiger partial charge in [0.2, 0.25) is 0 Å². The van der Waals surface area contributed by atoms with Crippen molar-refractivity contribution in [1.29, 1.82) is 0 Å². The predicted octanol–water partition coefficient (Wildman–Crippen LogP) is 1.50. The Bertz CT molecular complexity index is 783. The number of nitrogens with one attached hydrogen (secondary N) is 3. The SMILES string of the molecule is O=C(Nc1ccc2[nH]ccc2c1)c1c[nH]c(=O)cn1. The highest BCUT2D eigenvalue weighted by Crippen LogP contribution is 2.18. The van der Waals surface area contributed by atoms with Crippen LogP contribution in [-0.2, 0) is 0 Å². The van der Waals surface area contributed by atoms with E-state index in [0.29, 0.717) is 5.69 Å². The van der Waals surface area contributed by atoms with Crippen molar-refractivity contribution in [3.63, 3.8) is 0 Å². The molecule has 3 aromatic rings. The number of nitrogens with zero attached hydrogens (tertiary/aromatic N) is 1. The average Bonchev–Trinajstić information content (AvgIpc) is 2.87. The average molecular weight is 254 g/mol. The number of carbonyl (C=O) groups is 1. The summed E-state index contributed by atoms with van der Waals surface area (Å²) in [5, 5.41) is 3.73. The monoisotopic (exact) mass is 254 g/mol. The number of amides is 1. The van der Waals surface area contributed by atoms with Crippen LogP contribution >= 0.6 is 0 Å². The van der Waals surface area contributed by atoms with E-state index in [1.807, 2.05) is 24.4 Å². The fraction of sp³-hybridized carbons (Fsp3) is 0. The Morgan fingerprint density at radius 3 is 2.89 bits per heavy atom. The van der Waals surface area contributed by atoms with Crippen LogP contribution in [0, 0.1) is 0 Å². The molecular formula is C13H10N4O2. The molecule has 2 heterocycles. The molecule has 0 fully saturated rings. The molecule has 2 aromatic heterocycles. The molecule has 94 valence electrons. The summed E-state index contributed by atoms with van der Waals surface area (Å²) in [5.41, 5.74) is 1.49. The van der Waals surface area contributed by atoms with Gasteiger partial charge >= 0.3 is 0 Å². The van der Waals surface area contributed by atoms with Gasteiger partial charge in [0.15, 0.2) is 0 Å². The van der Waals surface area contributed by atoms with Gasteiger partial charge in [-0.1, -0.05) is 0 Å². The number of H-pyrrole nitrogens is 2. The molecule has 6 heteroatoms. The molecular weight excluding hydrogens is 244 g/mol. The van der Waals surface area contributed by atoms with E-state index < -0.39 is 0 Å². The molecule has 0 spiro atoms. The third kappa shape index (κ3) is 2.23. The third-order valence-electron chi connectivity index (χ3n) is 2.72. The predicted molar refractivity (Wildman–Crippen MR) is 71.1 cm³/mol. The topological polar surface area (TPSA) is 90.6 Å². The maximum absolute atomic E-state index is 11.9. The third-order valence-corrected chi connectivity index (χ3v) is 2.72. The lowest BCUT2D eigenvalue weighted by atomic mass is 10.2. The zero-order chi connectivity index (χ0) is 13.2. The van der Waals surface area contributed by atoms with Crippen molar-refractivity contribution in [2.75, 3.05) is 5.32 Å². The molecule has 0 aliphatic heterocycles. The van der Waals surface area contributed by atoms with Crippen LogP contribution in [0.15, 0.2) is 47.7 Å². The lowest BCUT2D eigenvalue weighted by molar-refractivity contribution is 0.102. The number of hydrogen-bond acceptors (Lipinski definition) is 3. The van der Waals surface area contributed by atoms with Crippen LogP contribution in [0.2, 0.25) is 0 Å². The lowest BCUT2D eigenvalue weighted by Gasteiger charge is -2.04. The molecule has 1 amide bonds. The van der Waals surface area contributed by atoms with Gasteiger partial charge in [-0.25, -0.2) is 4.98 Å². The molecule has 0 atom stereocenters. The van der Waals surface area contributed by atoms with E-state index in [9.17, 15) is 9.59 Å². The summed E-state index contributed by atoms with van der Waals surface area (Å²) >= 11 is 0. The van der Waals surface area contributed by atoms with E-state index in [4.69, 9.17) is 0 Å². The molecule has 3 rings (SSSR count). The highest BCUT2D eigenvalue weighted by molar-refractivity contribution is 6.03. The smallest absolute Gasteiger partial charge is 0.275 e. The second-order valence-corrected chi connectivity index (χ2v) is 4.03. The van der Waals surface area contributed by atoms with E-state index >= 15 is 0 Å². The largest absolute Gasteiger partial charge is 0.361 e. The first-order valence-corrected chi connectivity index (χ1v) is 5.65. The minimum atomic E-state index is -0.369. The van der Waals surface area contributed by atoms with Gasteiger partial charge < -0.3 is 15.3 Å². The molecule has 0 bridgehead atoms. The van der Waals surface area contributed by atoms with E-state index in [2.05, 4.69) is 20.3 Å². The minimum absolute atomic E-state index is 0.161. The van der Waals surface area contributed by atoms with E-state index in [-0.39, 0.29) is 17.2 Å². The molecule has 0 unspecified atom stereocenters. The number of hydrogen-bond donors (Lipinski definition) is 3. The second-order valence-electron chi connectivity index (χ2n) is 4.03. The molecule has 6 nitrogen and oxygen atoms in total. The minimum Gasteiger partial charge on any atom is -0.361 e. The van der Waals surface area contributed by atoms with Crippen molar-refractivity contribution in [2.24, 2.45) is 0 Å². The fourth-order valence-electron chi connectivity index (χ4n) is 1.79. The second kappa shape index (κ2) is 4.41. The van der Waals surface area contributed by atoms with Crippen LogP contribution < -0.4 is 10.9 Å². The van der Waals surface area contributed by atoms with Gasteiger partial charge in [0.05, 0.1) is 6.20 Å². The van der Waals surface area contributed by atoms with Crippen molar-refractivity contribution in [2.45, 2.75) is 0 Å². The first-order valence-electron chi connectivity index (χ1n) is 5.65. The van der Waals surface area contributed by atoms with Crippen LogP contribution in [0.4, 0.5) is 5.69 Å². The number of benzene rings is 1. The molecule has 19 heavy (non-hydrogen) atoms. The summed E-state index contributed by atoms with van der Waals surface area (Å²) in [7, 11) is 0. The number of rotatable bonds is 2. The molecule has 0 saturated heterocycles. The number of aromatic nitrogens is 3. The zero-order valence-corrected chi connectivity index (χ0v) is 9.81. The summed E-state index contributed by atoms with van der Waals surface area (Å²) in [6.07, 6.45) is 4.19. The van der Waals surface area contributed by atoms with Gasteiger partial charge in [-0.15, -0.1) is 0 Å². The fourth-order valence-corrected chi connectivity index (χ4v) is 1.79. The number of carbonyl (C=O) groups excluding carboxylic acids is 1. The maximum atomic E-state index is 11.9. The van der Waals surface area contributed by atoms with Crippen molar-refractivity contribution < 1.29 is 4.79 Å². The maximum Gasteiger partial charge on any atom is 0.275 e. The highest BCUT2D eigenvalue weighted by Gasteiger charge is 2.08. The van der Waals surface area contributed by atoms with Crippen LogP contribution in [0.1, 0.15) is 10.5 Å². The van der Waals surface area contributed by atoms with Crippen molar-refractivity contribution >= 4 is 22.5 Å². The van der Waals surface area contributed by atoms with Gasteiger partial charge in [-0.3, -0.25) is 9.59 Å². The Morgan fingerprint density at radius 1 is 1.21 bits per heavy atom.